The fourth-order valence-corrected chi connectivity index (χ4v) is 2.25. The Balaban J connectivity index is 3.46. The van der Waals surface area contributed by atoms with Crippen LogP contribution in [-0.4, -0.2) is 5.11 Å². The number of benzene rings is 1. The maximum Gasteiger partial charge on any atom is 0.144 e. The van der Waals surface area contributed by atoms with Gasteiger partial charge in [-0.25, -0.2) is 0 Å². The van der Waals surface area contributed by atoms with Gasteiger partial charge in [0.15, 0.2) is 0 Å². The summed E-state index contributed by atoms with van der Waals surface area (Å²) in [6.07, 6.45) is 0. The SMILES string of the molecule is Cc1c(Cl)cc(Br)c(O)c1Br. The van der Waals surface area contributed by atoms with Crippen LogP contribution in [0, 0.1) is 6.92 Å². The number of halogens is 3. The number of rotatable bonds is 0. The van der Waals surface area contributed by atoms with E-state index in [1.807, 2.05) is 6.92 Å². The van der Waals surface area contributed by atoms with Crippen LogP contribution in [0.4, 0.5) is 0 Å². The monoisotopic (exact) mass is 298 g/mol. The van der Waals surface area contributed by atoms with Gasteiger partial charge < -0.3 is 5.11 Å². The van der Waals surface area contributed by atoms with E-state index >= 15 is 0 Å². The molecule has 0 heterocycles. The van der Waals surface area contributed by atoms with Crippen molar-refractivity contribution in [3.05, 3.63) is 25.6 Å². The molecular formula is C7H5Br2ClO. The average molecular weight is 300 g/mol. The number of hydrogen-bond donors (Lipinski definition) is 1. The number of phenolic OH excluding ortho intramolecular Hbond substituents is 1. The topological polar surface area (TPSA) is 20.2 Å². The van der Waals surface area contributed by atoms with E-state index in [1.165, 1.54) is 0 Å². The van der Waals surface area contributed by atoms with Gasteiger partial charge in [0.2, 0.25) is 0 Å². The van der Waals surface area contributed by atoms with Gasteiger partial charge in [0.05, 0.1) is 8.95 Å². The van der Waals surface area contributed by atoms with Gasteiger partial charge in [-0.3, -0.25) is 0 Å². The molecule has 1 nitrogen and oxygen atoms in total. The van der Waals surface area contributed by atoms with Gasteiger partial charge in [-0.2, -0.15) is 0 Å². The molecule has 0 spiro atoms. The van der Waals surface area contributed by atoms with Gasteiger partial charge in [0.25, 0.3) is 0 Å². The Bertz CT molecular complexity index is 273. The van der Waals surface area contributed by atoms with Crippen LogP contribution >= 0.6 is 43.5 Å². The van der Waals surface area contributed by atoms with Crippen LogP contribution in [0.15, 0.2) is 15.0 Å². The lowest BCUT2D eigenvalue weighted by Gasteiger charge is -2.05. The van der Waals surface area contributed by atoms with Crippen LogP contribution in [-0.2, 0) is 0 Å². The van der Waals surface area contributed by atoms with Crippen molar-refractivity contribution in [1.82, 2.24) is 0 Å². The Labute approximate surface area is 86.6 Å². The van der Waals surface area contributed by atoms with Crippen LogP contribution in [0.3, 0.4) is 0 Å². The maximum absolute atomic E-state index is 9.36. The number of hydrogen-bond acceptors (Lipinski definition) is 1. The van der Waals surface area contributed by atoms with E-state index in [0.29, 0.717) is 14.0 Å². The highest BCUT2D eigenvalue weighted by Crippen LogP contribution is 2.38. The molecule has 0 radical (unpaired) electrons. The van der Waals surface area contributed by atoms with E-state index < -0.39 is 0 Å². The van der Waals surface area contributed by atoms with Crippen molar-refractivity contribution in [2.75, 3.05) is 0 Å². The third kappa shape index (κ3) is 1.71. The van der Waals surface area contributed by atoms with E-state index in [-0.39, 0.29) is 5.75 Å². The molecule has 0 saturated carbocycles. The molecule has 60 valence electrons. The van der Waals surface area contributed by atoms with E-state index in [9.17, 15) is 5.11 Å². The van der Waals surface area contributed by atoms with Gasteiger partial charge in [0, 0.05) is 5.02 Å². The minimum Gasteiger partial charge on any atom is -0.506 e. The minimum absolute atomic E-state index is 0.187. The zero-order valence-corrected chi connectivity index (χ0v) is 9.59. The molecule has 0 fully saturated rings. The Morgan fingerprint density at radius 2 is 2.00 bits per heavy atom. The predicted molar refractivity (Wildman–Crippen MR) is 53.3 cm³/mol. The average Bonchev–Trinajstić information content (AvgIpc) is 1.97. The van der Waals surface area contributed by atoms with Crippen LogP contribution in [0.2, 0.25) is 5.02 Å². The molecule has 0 amide bonds. The zero-order chi connectivity index (χ0) is 8.59. The molecular weight excluding hydrogens is 295 g/mol. The fourth-order valence-electron chi connectivity index (χ4n) is 0.675. The van der Waals surface area contributed by atoms with Crippen molar-refractivity contribution in [2.24, 2.45) is 0 Å². The molecule has 0 unspecified atom stereocenters. The molecule has 0 aliphatic carbocycles. The summed E-state index contributed by atoms with van der Waals surface area (Å²) < 4.78 is 1.23. The van der Waals surface area contributed by atoms with Crippen molar-refractivity contribution in [2.45, 2.75) is 6.92 Å². The molecule has 0 saturated heterocycles. The van der Waals surface area contributed by atoms with Crippen molar-refractivity contribution in [1.29, 1.82) is 0 Å². The second-order valence-corrected chi connectivity index (χ2v) is 4.18. The Hall–Kier alpha value is 0.270. The van der Waals surface area contributed by atoms with Crippen LogP contribution in [0.25, 0.3) is 0 Å². The summed E-state index contributed by atoms with van der Waals surface area (Å²) in [5, 5.41) is 9.99. The molecule has 1 aromatic rings. The highest BCUT2D eigenvalue weighted by molar-refractivity contribution is 9.11. The third-order valence-corrected chi connectivity index (χ3v) is 3.34. The summed E-state index contributed by atoms with van der Waals surface area (Å²) >= 11 is 12.2. The van der Waals surface area contributed by atoms with E-state index in [0.717, 1.165) is 5.56 Å². The lowest BCUT2D eigenvalue weighted by atomic mass is 10.2. The van der Waals surface area contributed by atoms with E-state index in [2.05, 4.69) is 31.9 Å². The molecule has 1 rings (SSSR count). The molecule has 1 aromatic carbocycles. The molecule has 11 heavy (non-hydrogen) atoms. The van der Waals surface area contributed by atoms with Crippen molar-refractivity contribution in [3.8, 4) is 5.75 Å². The molecule has 0 aromatic heterocycles. The van der Waals surface area contributed by atoms with Crippen molar-refractivity contribution < 1.29 is 5.11 Å². The molecule has 0 aliphatic rings. The minimum atomic E-state index is 0.187. The molecule has 0 atom stereocenters. The van der Waals surface area contributed by atoms with E-state index in [4.69, 9.17) is 11.6 Å². The zero-order valence-electron chi connectivity index (χ0n) is 5.66. The molecule has 0 aliphatic heterocycles. The predicted octanol–water partition coefficient (Wildman–Crippen LogP) is 3.88. The van der Waals surface area contributed by atoms with Crippen molar-refractivity contribution >= 4 is 43.5 Å². The van der Waals surface area contributed by atoms with E-state index in [1.54, 1.807) is 6.07 Å². The highest BCUT2D eigenvalue weighted by Gasteiger charge is 2.09. The summed E-state index contributed by atoms with van der Waals surface area (Å²) in [5.41, 5.74) is 0.840. The Kier molecular flexibility index (Phi) is 2.84. The number of aromatic hydroxyl groups is 1. The Morgan fingerprint density at radius 3 is 2.55 bits per heavy atom. The fraction of sp³-hybridized carbons (Fsp3) is 0.143. The first-order valence-corrected chi connectivity index (χ1v) is 4.83. The molecule has 1 N–H and O–H groups in total. The Morgan fingerprint density at radius 1 is 1.45 bits per heavy atom. The number of phenols is 1. The first kappa shape index (κ1) is 9.36. The smallest absolute Gasteiger partial charge is 0.144 e. The summed E-state index contributed by atoms with van der Waals surface area (Å²) in [6, 6.07) is 1.66. The normalized spacial score (nSPS) is 10.2. The first-order chi connectivity index (χ1) is 5.04. The summed E-state index contributed by atoms with van der Waals surface area (Å²) in [7, 11) is 0. The maximum atomic E-state index is 9.36. The standard InChI is InChI=1S/C7H5Br2ClO/c1-3-5(10)2-4(8)7(11)6(3)9/h2,11H,1H3. The van der Waals surface area contributed by atoms with Crippen LogP contribution in [0.5, 0.6) is 5.75 Å². The quantitative estimate of drug-likeness (QED) is 0.771. The second-order valence-electron chi connectivity index (χ2n) is 2.13. The molecule has 4 heteroatoms. The van der Waals surface area contributed by atoms with Gasteiger partial charge in [-0.15, -0.1) is 0 Å². The summed E-state index contributed by atoms with van der Waals surface area (Å²) in [5.74, 6) is 0.187. The van der Waals surface area contributed by atoms with Gasteiger partial charge in [-0.05, 0) is 50.4 Å². The van der Waals surface area contributed by atoms with Gasteiger partial charge >= 0.3 is 0 Å². The highest BCUT2D eigenvalue weighted by atomic mass is 79.9. The second kappa shape index (κ2) is 3.33. The lowest BCUT2D eigenvalue weighted by Crippen LogP contribution is -1.80. The summed E-state index contributed by atoms with van der Waals surface area (Å²) in [6.45, 7) is 1.83. The summed E-state index contributed by atoms with van der Waals surface area (Å²) in [4.78, 5) is 0. The van der Waals surface area contributed by atoms with Gasteiger partial charge in [-0.1, -0.05) is 11.6 Å². The van der Waals surface area contributed by atoms with Crippen LogP contribution < -0.4 is 0 Å². The van der Waals surface area contributed by atoms with Crippen molar-refractivity contribution in [3.63, 3.8) is 0 Å². The lowest BCUT2D eigenvalue weighted by molar-refractivity contribution is 0.468. The third-order valence-electron chi connectivity index (χ3n) is 1.38. The first-order valence-electron chi connectivity index (χ1n) is 2.87. The molecule has 0 bridgehead atoms. The largest absolute Gasteiger partial charge is 0.506 e. The van der Waals surface area contributed by atoms with Gasteiger partial charge in [0.1, 0.15) is 5.75 Å². The van der Waals surface area contributed by atoms with Crippen LogP contribution in [0.1, 0.15) is 5.56 Å².